The molecule has 176 valence electrons. The summed E-state index contributed by atoms with van der Waals surface area (Å²) >= 11 is 0. The molecule has 0 amide bonds. The van der Waals surface area contributed by atoms with Gasteiger partial charge in [0.1, 0.15) is 6.10 Å². The fourth-order valence-corrected chi connectivity index (χ4v) is 4.97. The van der Waals surface area contributed by atoms with E-state index in [2.05, 4.69) is 4.90 Å². The SMILES string of the molecule is COc1ccc([C@H]2C[C@@H](OC(=O)C=Cc3ccc(O)c(OC)c3)C[C@@H]3CCCCN32)cc1O. The number of carbonyl (C=O) groups is 1. The molecule has 2 aliphatic heterocycles. The van der Waals surface area contributed by atoms with E-state index in [9.17, 15) is 15.0 Å². The zero-order valence-corrected chi connectivity index (χ0v) is 19.1. The van der Waals surface area contributed by atoms with Gasteiger partial charge in [0.25, 0.3) is 0 Å². The normalized spacial score (nSPS) is 23.2. The summed E-state index contributed by atoms with van der Waals surface area (Å²) in [7, 11) is 3.01. The number of piperidine rings is 2. The second-order valence-electron chi connectivity index (χ2n) is 8.63. The predicted octanol–water partition coefficient (Wildman–Crippen LogP) is 4.43. The number of fused-ring (bicyclic) bond motifs is 1. The van der Waals surface area contributed by atoms with Crippen molar-refractivity contribution >= 4 is 12.0 Å². The number of esters is 1. The smallest absolute Gasteiger partial charge is 0.331 e. The van der Waals surface area contributed by atoms with E-state index in [1.54, 1.807) is 30.3 Å². The van der Waals surface area contributed by atoms with E-state index in [1.807, 2.05) is 6.07 Å². The van der Waals surface area contributed by atoms with Gasteiger partial charge in [0.15, 0.2) is 23.0 Å². The third-order valence-electron chi connectivity index (χ3n) is 6.58. The van der Waals surface area contributed by atoms with Gasteiger partial charge in [-0.15, -0.1) is 0 Å². The summed E-state index contributed by atoms with van der Waals surface area (Å²) in [5.74, 6) is 0.569. The topological polar surface area (TPSA) is 88.5 Å². The van der Waals surface area contributed by atoms with Gasteiger partial charge in [-0.3, -0.25) is 4.90 Å². The molecule has 0 bridgehead atoms. The lowest BCUT2D eigenvalue weighted by Crippen LogP contribution is -2.49. The predicted molar refractivity (Wildman–Crippen MR) is 125 cm³/mol. The second-order valence-corrected chi connectivity index (χ2v) is 8.63. The van der Waals surface area contributed by atoms with Crippen LogP contribution in [0.1, 0.15) is 49.3 Å². The van der Waals surface area contributed by atoms with Crippen LogP contribution in [-0.4, -0.2) is 54.0 Å². The largest absolute Gasteiger partial charge is 0.504 e. The quantitative estimate of drug-likeness (QED) is 0.494. The van der Waals surface area contributed by atoms with Crippen LogP contribution in [0.25, 0.3) is 6.08 Å². The number of aromatic hydroxyl groups is 2. The van der Waals surface area contributed by atoms with Crippen LogP contribution >= 0.6 is 0 Å². The minimum absolute atomic E-state index is 0.0482. The van der Waals surface area contributed by atoms with Crippen LogP contribution in [0, 0.1) is 0 Å². The number of hydrogen-bond donors (Lipinski definition) is 2. The first-order valence-electron chi connectivity index (χ1n) is 11.4. The van der Waals surface area contributed by atoms with E-state index in [1.165, 1.54) is 32.8 Å². The number of phenolic OH excluding ortho intramolecular Hbond substituents is 2. The Morgan fingerprint density at radius 2 is 1.82 bits per heavy atom. The summed E-state index contributed by atoms with van der Waals surface area (Å²) in [4.78, 5) is 15.1. The molecule has 2 aromatic rings. The van der Waals surface area contributed by atoms with Gasteiger partial charge in [0.2, 0.25) is 0 Å². The van der Waals surface area contributed by atoms with Gasteiger partial charge < -0.3 is 24.4 Å². The molecule has 2 aromatic carbocycles. The Kier molecular flexibility index (Phi) is 7.08. The first kappa shape index (κ1) is 23.0. The fourth-order valence-electron chi connectivity index (χ4n) is 4.97. The maximum atomic E-state index is 12.6. The highest BCUT2D eigenvalue weighted by Gasteiger charge is 2.39. The molecule has 2 N–H and O–H groups in total. The zero-order chi connectivity index (χ0) is 23.4. The lowest BCUT2D eigenvalue weighted by molar-refractivity contribution is -0.148. The Labute approximate surface area is 194 Å². The second kappa shape index (κ2) is 10.2. The molecule has 2 heterocycles. The van der Waals surface area contributed by atoms with Crippen LogP contribution in [0.5, 0.6) is 23.0 Å². The number of phenols is 2. The average Bonchev–Trinajstić information content (AvgIpc) is 2.83. The summed E-state index contributed by atoms with van der Waals surface area (Å²) in [6.45, 7) is 1.01. The van der Waals surface area contributed by atoms with Crippen molar-refractivity contribution in [2.75, 3.05) is 20.8 Å². The van der Waals surface area contributed by atoms with Crippen molar-refractivity contribution in [3.05, 3.63) is 53.6 Å². The Morgan fingerprint density at radius 1 is 1.00 bits per heavy atom. The third kappa shape index (κ3) is 5.25. The molecular weight excluding hydrogens is 422 g/mol. The Hall–Kier alpha value is -3.19. The molecule has 3 atom stereocenters. The number of ether oxygens (including phenoxy) is 3. The highest BCUT2D eigenvalue weighted by atomic mass is 16.5. The van der Waals surface area contributed by atoms with Crippen molar-refractivity contribution in [2.24, 2.45) is 0 Å². The molecule has 0 unspecified atom stereocenters. The van der Waals surface area contributed by atoms with Gasteiger partial charge in [-0.25, -0.2) is 4.79 Å². The lowest BCUT2D eigenvalue weighted by Gasteiger charge is -2.47. The van der Waals surface area contributed by atoms with Crippen molar-refractivity contribution < 1.29 is 29.2 Å². The van der Waals surface area contributed by atoms with Crippen molar-refractivity contribution in [1.29, 1.82) is 0 Å². The molecule has 0 radical (unpaired) electrons. The van der Waals surface area contributed by atoms with Crippen LogP contribution in [0.3, 0.4) is 0 Å². The summed E-state index contributed by atoms with van der Waals surface area (Å²) < 4.78 is 16.1. The maximum absolute atomic E-state index is 12.6. The van der Waals surface area contributed by atoms with Crippen molar-refractivity contribution in [3.8, 4) is 23.0 Å². The molecule has 33 heavy (non-hydrogen) atoms. The molecule has 2 saturated heterocycles. The van der Waals surface area contributed by atoms with Gasteiger partial charge in [-0.1, -0.05) is 18.6 Å². The summed E-state index contributed by atoms with van der Waals surface area (Å²) in [5.41, 5.74) is 1.74. The van der Waals surface area contributed by atoms with Crippen LogP contribution in [-0.2, 0) is 9.53 Å². The number of carbonyl (C=O) groups excluding carboxylic acids is 1. The van der Waals surface area contributed by atoms with Crippen LogP contribution < -0.4 is 9.47 Å². The Bertz CT molecular complexity index is 1020. The minimum atomic E-state index is -0.396. The number of methoxy groups -OCH3 is 2. The molecule has 0 aromatic heterocycles. The Morgan fingerprint density at radius 3 is 2.58 bits per heavy atom. The van der Waals surface area contributed by atoms with Crippen molar-refractivity contribution in [3.63, 3.8) is 0 Å². The van der Waals surface area contributed by atoms with Crippen molar-refractivity contribution in [1.82, 2.24) is 4.90 Å². The number of nitrogens with zero attached hydrogens (tertiary/aromatic N) is 1. The van der Waals surface area contributed by atoms with Crippen molar-refractivity contribution in [2.45, 2.75) is 50.3 Å². The highest BCUT2D eigenvalue weighted by Crippen LogP contribution is 2.41. The number of hydrogen-bond acceptors (Lipinski definition) is 7. The van der Waals surface area contributed by atoms with Gasteiger partial charge in [0, 0.05) is 31.0 Å². The van der Waals surface area contributed by atoms with Gasteiger partial charge in [0.05, 0.1) is 14.2 Å². The van der Waals surface area contributed by atoms with Gasteiger partial charge in [-0.2, -0.15) is 0 Å². The van der Waals surface area contributed by atoms with Crippen LogP contribution in [0.2, 0.25) is 0 Å². The highest BCUT2D eigenvalue weighted by molar-refractivity contribution is 5.87. The Balaban J connectivity index is 1.47. The lowest BCUT2D eigenvalue weighted by atomic mass is 9.84. The van der Waals surface area contributed by atoms with Gasteiger partial charge >= 0.3 is 5.97 Å². The van der Waals surface area contributed by atoms with Crippen LogP contribution in [0.4, 0.5) is 0 Å². The first-order chi connectivity index (χ1) is 16.0. The van der Waals surface area contributed by atoms with E-state index in [0.717, 1.165) is 36.9 Å². The summed E-state index contributed by atoms with van der Waals surface area (Å²) in [5, 5.41) is 20.0. The van der Waals surface area contributed by atoms with E-state index in [-0.39, 0.29) is 23.6 Å². The summed E-state index contributed by atoms with van der Waals surface area (Å²) in [6.07, 6.45) is 7.75. The first-order valence-corrected chi connectivity index (χ1v) is 11.4. The average molecular weight is 454 g/mol. The molecule has 7 heteroatoms. The molecule has 2 fully saturated rings. The molecule has 2 aliphatic rings. The fraction of sp³-hybridized carbons (Fsp3) is 0.423. The standard InChI is InChI=1S/C26H31NO6/c1-31-24-10-8-18(14-23(24)29)21-16-20(15-19-5-3-4-12-27(19)21)33-26(30)11-7-17-6-9-22(28)25(13-17)32-2/h6-11,13-14,19-21,28-29H,3-5,12,15-16H2,1-2H3/t19-,20-,21+/m0/s1. The monoisotopic (exact) mass is 453 g/mol. The minimum Gasteiger partial charge on any atom is -0.504 e. The maximum Gasteiger partial charge on any atom is 0.331 e. The molecule has 0 aliphatic carbocycles. The summed E-state index contributed by atoms with van der Waals surface area (Å²) in [6, 6.07) is 10.8. The molecule has 7 nitrogen and oxygen atoms in total. The van der Waals surface area contributed by atoms with Crippen LogP contribution in [0.15, 0.2) is 42.5 Å². The van der Waals surface area contributed by atoms with Gasteiger partial charge in [-0.05, 0) is 60.9 Å². The molecule has 0 spiro atoms. The molecule has 0 saturated carbocycles. The van der Waals surface area contributed by atoms with E-state index in [0.29, 0.717) is 24.0 Å². The molecule has 4 rings (SSSR count). The third-order valence-corrected chi connectivity index (χ3v) is 6.58. The van der Waals surface area contributed by atoms with E-state index in [4.69, 9.17) is 14.2 Å². The number of rotatable bonds is 6. The van der Waals surface area contributed by atoms with E-state index >= 15 is 0 Å². The van der Waals surface area contributed by atoms with E-state index < -0.39 is 5.97 Å². The number of benzene rings is 2. The molecular formula is C26H31NO6. The zero-order valence-electron chi connectivity index (χ0n) is 19.1.